The first-order valence-electron chi connectivity index (χ1n) is 30.6. The Bertz CT molecular complexity index is 2370. The minimum absolute atomic E-state index is 0.0799. The maximum Gasteiger partial charge on any atom is 0.315 e. The van der Waals surface area contributed by atoms with Crippen LogP contribution in [0, 0.1) is 56.2 Å². The van der Waals surface area contributed by atoms with Crippen LogP contribution in [0.4, 0.5) is 0 Å². The maximum atomic E-state index is 15.3. The van der Waals surface area contributed by atoms with Crippen molar-refractivity contribution in [2.45, 2.75) is 260 Å². The molecule has 0 bridgehead atoms. The van der Waals surface area contributed by atoms with Crippen LogP contribution in [0.2, 0.25) is 0 Å². The molecule has 9 fully saturated rings. The van der Waals surface area contributed by atoms with Crippen molar-refractivity contribution in [1.82, 2.24) is 0 Å². The zero-order valence-electron chi connectivity index (χ0n) is 49.6. The molecule has 5 aliphatic heterocycles. The van der Waals surface area contributed by atoms with Crippen LogP contribution < -0.4 is 0 Å². The molecule has 0 aromatic rings. The highest BCUT2D eigenvalue weighted by molar-refractivity contribution is 5.79. The molecule has 5 aliphatic carbocycles. The monoisotopic (exact) mass is 1220 g/mol. The second-order valence-corrected chi connectivity index (χ2v) is 28.6. The molecular weight excluding hydrogens is 1120 g/mol. The molecule has 26 nitrogen and oxygen atoms in total. The van der Waals surface area contributed by atoms with E-state index in [0.717, 1.165) is 6.42 Å². The predicted molar refractivity (Wildman–Crippen MR) is 288 cm³/mol. The molecule has 0 amide bonds. The fraction of sp³-hybridized carbons (Fsp3) is 0.949. The topological polar surface area (TPSA) is 424 Å². The number of allylic oxidation sites excluding steroid dienone is 2. The Morgan fingerprint density at radius 1 is 0.576 bits per heavy atom. The van der Waals surface area contributed by atoms with Crippen LogP contribution >= 0.6 is 0 Å². The molecule has 10 aliphatic rings. The van der Waals surface area contributed by atoms with Crippen molar-refractivity contribution in [3.63, 3.8) is 0 Å². The van der Waals surface area contributed by atoms with Crippen molar-refractivity contribution < 1.29 is 129 Å². The van der Waals surface area contributed by atoms with Gasteiger partial charge in [0.05, 0.1) is 44.1 Å². The van der Waals surface area contributed by atoms with Crippen LogP contribution in [0.3, 0.4) is 0 Å². The summed E-state index contributed by atoms with van der Waals surface area (Å²) in [5, 5.41) is 173. The Balaban J connectivity index is 0.847. The van der Waals surface area contributed by atoms with E-state index in [4.69, 9.17) is 42.6 Å². The number of carbonyl (C=O) groups excluding carboxylic acids is 1. The third kappa shape index (κ3) is 10.9. The fourth-order valence-corrected chi connectivity index (χ4v) is 18.1. The highest BCUT2D eigenvalue weighted by Crippen LogP contribution is 2.76. The molecule has 0 aromatic carbocycles. The Morgan fingerprint density at radius 3 is 1.81 bits per heavy atom. The van der Waals surface area contributed by atoms with Gasteiger partial charge in [0.1, 0.15) is 110 Å². The number of aliphatic hydroxyl groups is 16. The lowest BCUT2D eigenvalue weighted by molar-refractivity contribution is -0.361. The third-order valence-electron chi connectivity index (χ3n) is 23.6. The molecule has 0 spiro atoms. The first kappa shape index (κ1) is 66.2. The summed E-state index contributed by atoms with van der Waals surface area (Å²) in [4.78, 5) is 15.3. The number of ether oxygens (including phenoxy) is 9. The molecule has 5 saturated heterocycles. The summed E-state index contributed by atoms with van der Waals surface area (Å²) in [7, 11) is 0. The third-order valence-corrected chi connectivity index (χ3v) is 23.6. The number of hydrogen-bond donors (Lipinski definition) is 16. The summed E-state index contributed by atoms with van der Waals surface area (Å²) >= 11 is 0. The lowest BCUT2D eigenvalue weighted by atomic mass is 9.33. The first-order chi connectivity index (χ1) is 39.9. The molecule has 0 unspecified atom stereocenters. The summed E-state index contributed by atoms with van der Waals surface area (Å²) in [6.07, 6.45) is -29.6. The van der Waals surface area contributed by atoms with Gasteiger partial charge in [-0.2, -0.15) is 0 Å². The van der Waals surface area contributed by atoms with Crippen molar-refractivity contribution in [2.75, 3.05) is 33.0 Å². The summed E-state index contributed by atoms with van der Waals surface area (Å²) in [5.74, 6) is -1.35. The summed E-state index contributed by atoms with van der Waals surface area (Å²) in [6, 6.07) is 0. The van der Waals surface area contributed by atoms with Crippen LogP contribution in [0.1, 0.15) is 113 Å². The predicted octanol–water partition coefficient (Wildman–Crippen LogP) is -3.30. The van der Waals surface area contributed by atoms with E-state index < -0.39 is 195 Å². The maximum absolute atomic E-state index is 15.3. The van der Waals surface area contributed by atoms with E-state index in [0.29, 0.717) is 57.8 Å². The molecule has 16 N–H and O–H groups in total. The van der Waals surface area contributed by atoms with Gasteiger partial charge in [-0.15, -0.1) is 0 Å². The Kier molecular flexibility index (Phi) is 19.0. The van der Waals surface area contributed by atoms with E-state index in [1.165, 1.54) is 12.5 Å². The average molecular weight is 1220 g/mol. The van der Waals surface area contributed by atoms with Gasteiger partial charge < -0.3 is 124 Å². The van der Waals surface area contributed by atoms with E-state index in [1.54, 1.807) is 0 Å². The molecule has 85 heavy (non-hydrogen) atoms. The fourth-order valence-electron chi connectivity index (χ4n) is 18.1. The van der Waals surface area contributed by atoms with E-state index in [9.17, 15) is 81.7 Å². The van der Waals surface area contributed by atoms with Crippen molar-refractivity contribution in [3.8, 4) is 0 Å². The zero-order valence-corrected chi connectivity index (χ0v) is 49.6. The Hall–Kier alpha value is -1.75. The van der Waals surface area contributed by atoms with Crippen LogP contribution in [0.25, 0.3) is 0 Å². The van der Waals surface area contributed by atoms with E-state index >= 15 is 4.79 Å². The van der Waals surface area contributed by atoms with E-state index in [2.05, 4.69) is 40.7 Å². The van der Waals surface area contributed by atoms with Crippen molar-refractivity contribution in [3.05, 3.63) is 11.6 Å². The molecule has 0 aromatic heterocycles. The minimum Gasteiger partial charge on any atom is -0.432 e. The van der Waals surface area contributed by atoms with Gasteiger partial charge in [0.15, 0.2) is 18.9 Å². The van der Waals surface area contributed by atoms with Crippen LogP contribution in [-0.4, -0.2) is 268 Å². The van der Waals surface area contributed by atoms with Gasteiger partial charge in [-0.1, -0.05) is 53.2 Å². The standard InChI is InChI=1S/C59H96O26/c1-24-34(64)38(68)42(72)50(79-24)83-47-30(20-61)81-49(45(75)41(47)71)78-22-31-37(67)40(70)44(74)52(82-31)85-53(76)59-16-14-54(2,3)18-27(59)25-8-9-33-55(4)12-10-26(56(5,23-62)32(55)11-13-58(33,7)57(25,6)15-17-59)46-48(35(65)28(63)21-77-46)84-51-43(73)39(69)36(66)29(19-60)80-51/h8,24,26-52,60-75H,9-23H2,1-7H3/t24-,26+,27-,28-,29+,30+,31+,32+,33+,34-,35-,36+,37+,38+,39-,40-,41+,42+,43+,44+,45+,46-,47+,48+,49+,50-,51-,52-,55-,56+,57+,58+,59-/m0/s1. The molecule has 33 atom stereocenters. The molecule has 10 rings (SSSR count). The highest BCUT2D eigenvalue weighted by Gasteiger charge is 2.71. The normalized spacial score (nSPS) is 55.3. The SMILES string of the molecule is C[C@@H]1O[C@@H](O[C@H]2[C@H](O)[C@@H](O)[C@H](OC[C@H]3O[C@@H](OC(=O)[C@]45CCC(C)(C)C[C@H]4C4=CC[C@@H]6[C@@]7(C)CC[C@H]([C@@H]8OC[C@H](O)[C@H](O)[C@H]8O[C@@H]8O[C@H](CO)[C@@H](O)[C@H](O)[C@H]8O)[C@@](C)(CO)[C@@H]7CC[C@@]6(C)[C@]4(C)CC5)[C@H](O)[C@@H](O)[C@@H]3O)O[C@@H]2CO)[C@H](O)[C@H](O)[C@H]1O. The van der Waals surface area contributed by atoms with Gasteiger partial charge in [-0.25, -0.2) is 0 Å². The highest BCUT2D eigenvalue weighted by atomic mass is 16.8. The molecular formula is C59H96O26. The van der Waals surface area contributed by atoms with Crippen molar-refractivity contribution >= 4 is 5.97 Å². The van der Waals surface area contributed by atoms with E-state index in [1.807, 2.05) is 6.92 Å². The largest absolute Gasteiger partial charge is 0.432 e. The Morgan fingerprint density at radius 2 is 1.15 bits per heavy atom. The van der Waals surface area contributed by atoms with Crippen molar-refractivity contribution in [2.24, 2.45) is 56.2 Å². The second kappa shape index (κ2) is 24.4. The van der Waals surface area contributed by atoms with Gasteiger partial charge in [0, 0.05) is 6.61 Å². The summed E-state index contributed by atoms with van der Waals surface area (Å²) in [6.45, 7) is 12.2. The molecule has 0 radical (unpaired) electrons. The summed E-state index contributed by atoms with van der Waals surface area (Å²) < 4.78 is 53.2. The second-order valence-electron chi connectivity index (χ2n) is 28.6. The number of rotatable bonds is 13. The van der Waals surface area contributed by atoms with Crippen LogP contribution in [0.15, 0.2) is 11.6 Å². The molecule has 4 saturated carbocycles. The number of aliphatic hydroxyl groups excluding tert-OH is 16. The number of fused-ring (bicyclic) bond motifs is 7. The molecule has 26 heteroatoms. The number of esters is 1. The number of hydrogen-bond acceptors (Lipinski definition) is 26. The smallest absolute Gasteiger partial charge is 0.315 e. The number of carbonyl (C=O) groups is 1. The van der Waals surface area contributed by atoms with Gasteiger partial charge in [0.25, 0.3) is 0 Å². The zero-order chi connectivity index (χ0) is 62.0. The molecule has 488 valence electrons. The van der Waals surface area contributed by atoms with E-state index in [-0.39, 0.29) is 47.2 Å². The van der Waals surface area contributed by atoms with Crippen LogP contribution in [-0.2, 0) is 47.4 Å². The first-order valence-corrected chi connectivity index (χ1v) is 30.6. The summed E-state index contributed by atoms with van der Waals surface area (Å²) in [5.41, 5.74) is -2.02. The van der Waals surface area contributed by atoms with Crippen LogP contribution in [0.5, 0.6) is 0 Å². The Labute approximate surface area is 494 Å². The lowest BCUT2D eigenvalue weighted by Crippen LogP contribution is -2.68. The quantitative estimate of drug-likeness (QED) is 0.0634. The average Bonchev–Trinajstić information content (AvgIpc) is 0.682. The van der Waals surface area contributed by atoms with Gasteiger partial charge in [-0.3, -0.25) is 4.79 Å². The minimum atomic E-state index is -1.91. The lowest BCUT2D eigenvalue weighted by Gasteiger charge is -2.72. The van der Waals surface area contributed by atoms with Gasteiger partial charge in [0.2, 0.25) is 6.29 Å². The van der Waals surface area contributed by atoms with Gasteiger partial charge in [-0.05, 0) is 122 Å². The van der Waals surface area contributed by atoms with Gasteiger partial charge >= 0.3 is 5.97 Å². The van der Waals surface area contributed by atoms with Crippen molar-refractivity contribution in [1.29, 1.82) is 0 Å². The molecule has 5 heterocycles.